The van der Waals surface area contributed by atoms with Crippen LogP contribution in [0.5, 0.6) is 0 Å². The monoisotopic (exact) mass is 395 g/mol. The third kappa shape index (κ3) is 3.63. The number of β-amino-alcohol motifs (C(OH)–C–C–N with tert-alkyl or cyclic N) is 1. The Morgan fingerprint density at radius 2 is 1.92 bits per heavy atom. The Morgan fingerprint density at radius 3 is 2.58 bits per heavy atom. The van der Waals surface area contributed by atoms with E-state index < -0.39 is 0 Å². The maximum absolute atomic E-state index is 12.7. The number of para-hydroxylation sites is 1. The average molecular weight is 396 g/mol. The third-order valence-corrected chi connectivity index (χ3v) is 5.39. The Kier molecular flexibility index (Phi) is 5.53. The van der Waals surface area contributed by atoms with Crippen molar-refractivity contribution in [1.82, 2.24) is 9.80 Å². The zero-order valence-electron chi connectivity index (χ0n) is 13.5. The molecule has 1 unspecified atom stereocenters. The Morgan fingerprint density at radius 1 is 1.21 bits per heavy atom. The highest BCUT2D eigenvalue weighted by atomic mass is 79.9. The number of carbonyl (C=O) groups excluding carboxylic acids is 2. The van der Waals surface area contributed by atoms with Crippen LogP contribution in [0.1, 0.15) is 6.42 Å². The van der Waals surface area contributed by atoms with Crippen LogP contribution in [0.3, 0.4) is 0 Å². The highest BCUT2D eigenvalue weighted by Crippen LogP contribution is 2.32. The molecular formula is C17H22BrN3O3. The van der Waals surface area contributed by atoms with Crippen molar-refractivity contribution in [2.75, 3.05) is 50.8 Å². The lowest BCUT2D eigenvalue weighted by Crippen LogP contribution is -2.51. The summed E-state index contributed by atoms with van der Waals surface area (Å²) in [6, 6.07) is 7.59. The molecule has 1 aromatic rings. The normalized spacial score (nSPS) is 22.2. The second kappa shape index (κ2) is 7.63. The minimum atomic E-state index is -0.269. The van der Waals surface area contributed by atoms with Gasteiger partial charge in [-0.05, 0) is 28.1 Å². The van der Waals surface area contributed by atoms with Crippen LogP contribution >= 0.6 is 15.9 Å². The van der Waals surface area contributed by atoms with E-state index in [-0.39, 0.29) is 30.8 Å². The number of rotatable bonds is 4. The van der Waals surface area contributed by atoms with Gasteiger partial charge in [-0.3, -0.25) is 14.5 Å². The molecule has 0 saturated carbocycles. The van der Waals surface area contributed by atoms with Gasteiger partial charge in [0, 0.05) is 50.2 Å². The smallest absolute Gasteiger partial charge is 0.228 e. The molecule has 6 nitrogen and oxygen atoms in total. The number of aliphatic hydroxyl groups excluding tert-OH is 1. The van der Waals surface area contributed by atoms with E-state index in [2.05, 4.69) is 20.8 Å². The van der Waals surface area contributed by atoms with Crippen LogP contribution in [0, 0.1) is 5.92 Å². The van der Waals surface area contributed by atoms with E-state index in [0.29, 0.717) is 26.2 Å². The Hall–Kier alpha value is -1.44. The van der Waals surface area contributed by atoms with Gasteiger partial charge < -0.3 is 14.9 Å². The van der Waals surface area contributed by atoms with Crippen LogP contribution in [0.2, 0.25) is 0 Å². The Labute approximate surface area is 150 Å². The third-order valence-electron chi connectivity index (χ3n) is 4.72. The summed E-state index contributed by atoms with van der Waals surface area (Å²) in [5.74, 6) is -0.199. The lowest BCUT2D eigenvalue weighted by atomic mass is 10.1. The summed E-state index contributed by atoms with van der Waals surface area (Å²) in [7, 11) is 0. The number of piperazine rings is 1. The van der Waals surface area contributed by atoms with Crippen LogP contribution in [-0.2, 0) is 9.59 Å². The largest absolute Gasteiger partial charge is 0.395 e. The molecule has 0 bridgehead atoms. The first-order valence-electron chi connectivity index (χ1n) is 8.27. The quantitative estimate of drug-likeness (QED) is 0.823. The molecule has 1 atom stereocenters. The number of amides is 2. The molecule has 2 saturated heterocycles. The minimum absolute atomic E-state index is 0.000772. The number of benzene rings is 1. The fraction of sp³-hybridized carbons (Fsp3) is 0.529. The summed E-state index contributed by atoms with van der Waals surface area (Å²) in [4.78, 5) is 30.8. The molecule has 24 heavy (non-hydrogen) atoms. The van der Waals surface area contributed by atoms with Gasteiger partial charge in [0.1, 0.15) is 0 Å². The van der Waals surface area contributed by atoms with Crippen LogP contribution in [0.4, 0.5) is 5.69 Å². The molecule has 130 valence electrons. The van der Waals surface area contributed by atoms with Gasteiger partial charge in [-0.1, -0.05) is 12.1 Å². The highest BCUT2D eigenvalue weighted by molar-refractivity contribution is 9.10. The Bertz CT molecular complexity index is 617. The molecule has 0 aromatic heterocycles. The topological polar surface area (TPSA) is 64.1 Å². The molecule has 2 fully saturated rings. The predicted octanol–water partition coefficient (Wildman–Crippen LogP) is 0.939. The summed E-state index contributed by atoms with van der Waals surface area (Å²) >= 11 is 3.47. The number of anilines is 1. The van der Waals surface area contributed by atoms with Crippen LogP contribution < -0.4 is 4.90 Å². The second-order valence-corrected chi connectivity index (χ2v) is 7.10. The second-order valence-electron chi connectivity index (χ2n) is 6.25. The molecule has 1 N–H and O–H groups in total. The van der Waals surface area contributed by atoms with Crippen molar-refractivity contribution in [2.24, 2.45) is 5.92 Å². The number of carbonyl (C=O) groups is 2. The zero-order chi connectivity index (χ0) is 17.1. The number of nitrogens with zero attached hydrogens (tertiary/aromatic N) is 3. The van der Waals surface area contributed by atoms with Crippen molar-refractivity contribution in [3.8, 4) is 0 Å². The van der Waals surface area contributed by atoms with E-state index in [0.717, 1.165) is 23.2 Å². The molecule has 0 aliphatic carbocycles. The van der Waals surface area contributed by atoms with Crippen molar-refractivity contribution >= 4 is 33.4 Å². The zero-order valence-corrected chi connectivity index (χ0v) is 15.1. The molecular weight excluding hydrogens is 374 g/mol. The molecule has 0 radical (unpaired) electrons. The maximum atomic E-state index is 12.7. The van der Waals surface area contributed by atoms with Gasteiger partial charge in [-0.15, -0.1) is 0 Å². The number of halogens is 1. The lowest BCUT2D eigenvalue weighted by Gasteiger charge is -2.35. The minimum Gasteiger partial charge on any atom is -0.395 e. The van der Waals surface area contributed by atoms with Gasteiger partial charge >= 0.3 is 0 Å². The predicted molar refractivity (Wildman–Crippen MR) is 94.7 cm³/mol. The Balaban J connectivity index is 1.62. The van der Waals surface area contributed by atoms with Crippen molar-refractivity contribution in [3.63, 3.8) is 0 Å². The first-order chi connectivity index (χ1) is 11.6. The van der Waals surface area contributed by atoms with Gasteiger partial charge in [0.05, 0.1) is 18.2 Å². The summed E-state index contributed by atoms with van der Waals surface area (Å²) in [6.45, 7) is 4.13. The van der Waals surface area contributed by atoms with E-state index in [1.807, 2.05) is 29.2 Å². The van der Waals surface area contributed by atoms with Gasteiger partial charge in [0.15, 0.2) is 0 Å². The summed E-state index contributed by atoms with van der Waals surface area (Å²) < 4.78 is 0.865. The maximum Gasteiger partial charge on any atom is 0.228 e. The van der Waals surface area contributed by atoms with Crippen LogP contribution in [-0.4, -0.2) is 72.6 Å². The number of hydrogen-bond donors (Lipinski definition) is 1. The fourth-order valence-electron chi connectivity index (χ4n) is 3.37. The van der Waals surface area contributed by atoms with E-state index in [1.165, 1.54) is 0 Å². The van der Waals surface area contributed by atoms with Crippen molar-refractivity contribution in [3.05, 3.63) is 28.7 Å². The van der Waals surface area contributed by atoms with Crippen molar-refractivity contribution in [1.29, 1.82) is 0 Å². The van der Waals surface area contributed by atoms with E-state index >= 15 is 0 Å². The summed E-state index contributed by atoms with van der Waals surface area (Å²) in [6.07, 6.45) is 0.275. The van der Waals surface area contributed by atoms with Gasteiger partial charge in [-0.25, -0.2) is 0 Å². The van der Waals surface area contributed by atoms with Gasteiger partial charge in [-0.2, -0.15) is 0 Å². The van der Waals surface area contributed by atoms with E-state index in [1.54, 1.807) is 4.90 Å². The van der Waals surface area contributed by atoms with Crippen LogP contribution in [0.15, 0.2) is 28.7 Å². The van der Waals surface area contributed by atoms with Gasteiger partial charge in [0.2, 0.25) is 11.8 Å². The fourth-order valence-corrected chi connectivity index (χ4v) is 3.87. The van der Waals surface area contributed by atoms with Crippen molar-refractivity contribution < 1.29 is 14.7 Å². The molecule has 0 spiro atoms. The SMILES string of the molecule is O=C(C1CC(=O)N(c2ccccc2Br)C1)N1CCN(CCO)CC1. The van der Waals surface area contributed by atoms with Crippen LogP contribution in [0.25, 0.3) is 0 Å². The molecule has 2 aliphatic rings. The highest BCUT2D eigenvalue weighted by Gasteiger charge is 2.38. The molecule has 7 heteroatoms. The summed E-state index contributed by atoms with van der Waals surface area (Å²) in [5, 5.41) is 8.99. The molecule has 1 aromatic carbocycles. The molecule has 2 aliphatic heterocycles. The molecule has 3 rings (SSSR count). The average Bonchev–Trinajstić information content (AvgIpc) is 2.97. The standard InChI is InChI=1S/C17H22BrN3O3/c18-14-3-1-2-4-15(14)21-12-13(11-16(21)23)17(24)20-7-5-19(6-8-20)9-10-22/h1-4,13,22H,5-12H2. The number of hydrogen-bond acceptors (Lipinski definition) is 4. The molecule has 2 amide bonds. The first-order valence-corrected chi connectivity index (χ1v) is 9.06. The lowest BCUT2D eigenvalue weighted by molar-refractivity contribution is -0.137. The summed E-state index contributed by atoms with van der Waals surface area (Å²) in [5.41, 5.74) is 0.825. The van der Waals surface area contributed by atoms with E-state index in [4.69, 9.17) is 5.11 Å². The van der Waals surface area contributed by atoms with Gasteiger partial charge in [0.25, 0.3) is 0 Å². The number of aliphatic hydroxyl groups is 1. The van der Waals surface area contributed by atoms with E-state index in [9.17, 15) is 9.59 Å². The first kappa shape index (κ1) is 17.4. The van der Waals surface area contributed by atoms with Crippen molar-refractivity contribution in [2.45, 2.75) is 6.42 Å². The molecule has 2 heterocycles.